The van der Waals surface area contributed by atoms with E-state index >= 15 is 0 Å². The Morgan fingerprint density at radius 2 is 2.00 bits per heavy atom. The van der Waals surface area contributed by atoms with Crippen LogP contribution >= 0.6 is 11.8 Å². The summed E-state index contributed by atoms with van der Waals surface area (Å²) in [7, 11) is 0. The molecule has 1 saturated carbocycles. The van der Waals surface area contributed by atoms with E-state index in [0.29, 0.717) is 11.3 Å². The van der Waals surface area contributed by atoms with E-state index in [-0.39, 0.29) is 11.3 Å². The summed E-state index contributed by atoms with van der Waals surface area (Å²) in [6.45, 7) is 5.33. The molecule has 0 heterocycles. The Morgan fingerprint density at radius 1 is 1.41 bits per heavy atom. The summed E-state index contributed by atoms with van der Waals surface area (Å²) in [6.07, 6.45) is 7.52. The van der Waals surface area contributed by atoms with E-state index in [1.165, 1.54) is 19.3 Å². The fourth-order valence-electron chi connectivity index (χ4n) is 2.41. The van der Waals surface area contributed by atoms with Gasteiger partial charge < -0.3 is 11.1 Å². The van der Waals surface area contributed by atoms with Gasteiger partial charge in [-0.1, -0.05) is 20.3 Å². The summed E-state index contributed by atoms with van der Waals surface area (Å²) in [5.41, 5.74) is 5.42. The van der Waals surface area contributed by atoms with Gasteiger partial charge in [0, 0.05) is 17.8 Å². The number of amides is 1. The monoisotopic (exact) mass is 258 g/mol. The van der Waals surface area contributed by atoms with Crippen LogP contribution in [-0.2, 0) is 4.79 Å². The predicted molar refractivity (Wildman–Crippen MR) is 75.2 cm³/mol. The average molecular weight is 258 g/mol. The molecule has 17 heavy (non-hydrogen) atoms. The van der Waals surface area contributed by atoms with Crippen LogP contribution in [0.1, 0.15) is 46.0 Å². The van der Waals surface area contributed by atoms with E-state index in [9.17, 15) is 4.79 Å². The van der Waals surface area contributed by atoms with Gasteiger partial charge in [-0.2, -0.15) is 11.8 Å². The van der Waals surface area contributed by atoms with Crippen molar-refractivity contribution in [2.45, 2.75) is 50.7 Å². The molecule has 1 aliphatic carbocycles. The Kier molecular flexibility index (Phi) is 5.32. The smallest absolute Gasteiger partial charge is 0.227 e. The Hall–Kier alpha value is -0.220. The fourth-order valence-corrected chi connectivity index (χ4v) is 3.32. The number of thioether (sulfide) groups is 1. The van der Waals surface area contributed by atoms with Gasteiger partial charge in [-0.15, -0.1) is 0 Å². The topological polar surface area (TPSA) is 55.1 Å². The lowest BCUT2D eigenvalue weighted by atomic mass is 9.80. The molecule has 0 aliphatic heterocycles. The number of nitrogens with one attached hydrogen (secondary N) is 1. The molecule has 1 amide bonds. The van der Waals surface area contributed by atoms with Gasteiger partial charge in [0.25, 0.3) is 0 Å². The van der Waals surface area contributed by atoms with Crippen LogP contribution in [0, 0.1) is 5.41 Å². The SMILES string of the molecule is CCC(CC)(CN)C(=O)NCC1(SC)CCC1. The van der Waals surface area contributed by atoms with Crippen LogP contribution in [0.15, 0.2) is 0 Å². The van der Waals surface area contributed by atoms with Crippen molar-refractivity contribution in [2.24, 2.45) is 11.1 Å². The molecule has 0 atom stereocenters. The van der Waals surface area contributed by atoms with Gasteiger partial charge in [0.15, 0.2) is 0 Å². The molecular weight excluding hydrogens is 232 g/mol. The van der Waals surface area contributed by atoms with Crippen molar-refractivity contribution < 1.29 is 4.79 Å². The molecule has 3 N–H and O–H groups in total. The zero-order chi connectivity index (χ0) is 12.9. The van der Waals surface area contributed by atoms with Crippen LogP contribution in [0.5, 0.6) is 0 Å². The minimum absolute atomic E-state index is 0.144. The van der Waals surface area contributed by atoms with Gasteiger partial charge in [-0.3, -0.25) is 4.79 Å². The molecule has 100 valence electrons. The van der Waals surface area contributed by atoms with Crippen LogP contribution in [0.25, 0.3) is 0 Å². The number of carbonyl (C=O) groups is 1. The lowest BCUT2D eigenvalue weighted by molar-refractivity contribution is -0.131. The molecule has 0 saturated heterocycles. The van der Waals surface area contributed by atoms with E-state index in [2.05, 4.69) is 11.6 Å². The van der Waals surface area contributed by atoms with Crippen molar-refractivity contribution >= 4 is 17.7 Å². The third-order valence-corrected chi connectivity index (χ3v) is 5.91. The molecule has 0 spiro atoms. The average Bonchev–Trinajstić information content (AvgIpc) is 2.31. The van der Waals surface area contributed by atoms with Crippen molar-refractivity contribution in [1.29, 1.82) is 0 Å². The highest BCUT2D eigenvalue weighted by atomic mass is 32.2. The number of hydrogen-bond donors (Lipinski definition) is 2. The largest absolute Gasteiger partial charge is 0.354 e. The molecule has 0 radical (unpaired) electrons. The summed E-state index contributed by atoms with van der Waals surface area (Å²) >= 11 is 1.89. The highest BCUT2D eigenvalue weighted by Gasteiger charge is 2.39. The normalized spacial score (nSPS) is 18.6. The first kappa shape index (κ1) is 14.8. The number of hydrogen-bond acceptors (Lipinski definition) is 3. The number of carbonyl (C=O) groups excluding carboxylic acids is 1. The Morgan fingerprint density at radius 3 is 2.29 bits per heavy atom. The van der Waals surface area contributed by atoms with Gasteiger partial charge in [0.1, 0.15) is 0 Å². The van der Waals surface area contributed by atoms with E-state index in [1.807, 2.05) is 25.6 Å². The molecule has 1 fully saturated rings. The van der Waals surface area contributed by atoms with Crippen LogP contribution in [0.2, 0.25) is 0 Å². The minimum Gasteiger partial charge on any atom is -0.354 e. The zero-order valence-corrected chi connectivity index (χ0v) is 12.2. The van der Waals surface area contributed by atoms with Gasteiger partial charge >= 0.3 is 0 Å². The predicted octanol–water partition coefficient (Wildman–Crippen LogP) is 2.15. The fraction of sp³-hybridized carbons (Fsp3) is 0.923. The van der Waals surface area contributed by atoms with Crippen molar-refractivity contribution in [3.63, 3.8) is 0 Å². The molecule has 1 rings (SSSR count). The van der Waals surface area contributed by atoms with Gasteiger partial charge in [-0.05, 0) is 31.9 Å². The second-order valence-electron chi connectivity index (χ2n) is 5.11. The Labute approximate surface area is 109 Å². The lowest BCUT2D eigenvalue weighted by Crippen LogP contribution is -2.51. The number of nitrogens with two attached hydrogens (primary N) is 1. The number of rotatable bonds is 7. The van der Waals surface area contributed by atoms with E-state index in [0.717, 1.165) is 19.4 Å². The standard InChI is InChI=1S/C13H26N2OS/c1-4-12(5-2,9-14)11(16)15-10-13(17-3)7-6-8-13/h4-10,14H2,1-3H3,(H,15,16). The molecule has 1 aliphatic rings. The van der Waals surface area contributed by atoms with Gasteiger partial charge in [0.05, 0.1) is 5.41 Å². The molecule has 4 heteroatoms. The maximum absolute atomic E-state index is 12.3. The summed E-state index contributed by atoms with van der Waals surface area (Å²) < 4.78 is 0.303. The van der Waals surface area contributed by atoms with Crippen LogP contribution in [0.3, 0.4) is 0 Å². The first-order chi connectivity index (χ1) is 8.08. The second-order valence-corrected chi connectivity index (χ2v) is 6.39. The lowest BCUT2D eigenvalue weighted by Gasteiger charge is -2.41. The van der Waals surface area contributed by atoms with Crippen LogP contribution < -0.4 is 11.1 Å². The van der Waals surface area contributed by atoms with Crippen molar-refractivity contribution in [1.82, 2.24) is 5.32 Å². The maximum atomic E-state index is 12.3. The van der Waals surface area contributed by atoms with Crippen LogP contribution in [-0.4, -0.2) is 30.0 Å². The second kappa shape index (κ2) is 6.10. The molecule has 0 unspecified atom stereocenters. The zero-order valence-electron chi connectivity index (χ0n) is 11.3. The molecule has 0 aromatic heterocycles. The Bertz CT molecular complexity index is 246. The Balaban J connectivity index is 2.53. The maximum Gasteiger partial charge on any atom is 0.227 e. The molecular formula is C13H26N2OS. The first-order valence-electron chi connectivity index (χ1n) is 6.61. The van der Waals surface area contributed by atoms with Gasteiger partial charge in [0.2, 0.25) is 5.91 Å². The molecule has 3 nitrogen and oxygen atoms in total. The molecule has 0 aromatic rings. The molecule has 0 aromatic carbocycles. The highest BCUT2D eigenvalue weighted by molar-refractivity contribution is 8.00. The van der Waals surface area contributed by atoms with Crippen molar-refractivity contribution in [3.8, 4) is 0 Å². The van der Waals surface area contributed by atoms with E-state index in [4.69, 9.17) is 5.73 Å². The van der Waals surface area contributed by atoms with Crippen LogP contribution in [0.4, 0.5) is 0 Å². The van der Waals surface area contributed by atoms with E-state index in [1.54, 1.807) is 0 Å². The quantitative estimate of drug-likeness (QED) is 0.736. The summed E-state index contributed by atoms with van der Waals surface area (Å²) in [5.74, 6) is 0.144. The van der Waals surface area contributed by atoms with Gasteiger partial charge in [-0.25, -0.2) is 0 Å². The van der Waals surface area contributed by atoms with E-state index < -0.39 is 0 Å². The summed E-state index contributed by atoms with van der Waals surface area (Å²) in [4.78, 5) is 12.3. The third kappa shape index (κ3) is 2.97. The summed E-state index contributed by atoms with van der Waals surface area (Å²) in [5, 5.41) is 3.13. The van der Waals surface area contributed by atoms with Crippen molar-refractivity contribution in [2.75, 3.05) is 19.3 Å². The molecule has 0 bridgehead atoms. The first-order valence-corrected chi connectivity index (χ1v) is 7.84. The minimum atomic E-state index is -0.358. The third-order valence-electron chi connectivity index (χ3n) is 4.49. The summed E-state index contributed by atoms with van der Waals surface area (Å²) in [6, 6.07) is 0. The van der Waals surface area contributed by atoms with Crippen molar-refractivity contribution in [3.05, 3.63) is 0 Å². The highest BCUT2D eigenvalue weighted by Crippen LogP contribution is 2.42.